The first-order chi connectivity index (χ1) is 11.9. The highest BCUT2D eigenvalue weighted by molar-refractivity contribution is 7.91. The van der Waals surface area contributed by atoms with Gasteiger partial charge in [0.1, 0.15) is 0 Å². The van der Waals surface area contributed by atoms with Crippen LogP contribution in [-0.4, -0.2) is 44.3 Å². The van der Waals surface area contributed by atoms with Crippen molar-refractivity contribution in [1.29, 1.82) is 0 Å². The van der Waals surface area contributed by atoms with E-state index < -0.39 is 15.8 Å². The molecule has 2 aliphatic heterocycles. The van der Waals surface area contributed by atoms with E-state index in [9.17, 15) is 18.0 Å². The van der Waals surface area contributed by atoms with Gasteiger partial charge in [-0.15, -0.1) is 0 Å². The van der Waals surface area contributed by atoms with E-state index in [0.717, 1.165) is 24.9 Å². The highest BCUT2D eigenvalue weighted by Gasteiger charge is 2.37. The van der Waals surface area contributed by atoms with Gasteiger partial charge in [-0.25, -0.2) is 8.42 Å². The van der Waals surface area contributed by atoms with Gasteiger partial charge < -0.3 is 10.2 Å². The van der Waals surface area contributed by atoms with Crippen molar-refractivity contribution in [2.75, 3.05) is 23.0 Å². The van der Waals surface area contributed by atoms with Crippen LogP contribution in [0.4, 0.5) is 5.69 Å². The second-order valence-electron chi connectivity index (χ2n) is 7.32. The van der Waals surface area contributed by atoms with Crippen molar-refractivity contribution in [3.05, 3.63) is 29.3 Å². The Bertz CT molecular complexity index is 833. The van der Waals surface area contributed by atoms with E-state index in [1.165, 1.54) is 11.1 Å². The summed E-state index contributed by atoms with van der Waals surface area (Å²) in [6.45, 7) is 0.364. The number of anilines is 1. The molecule has 0 radical (unpaired) electrons. The summed E-state index contributed by atoms with van der Waals surface area (Å²) in [5, 5.41) is 2.81. The molecule has 7 heteroatoms. The SMILES string of the molecule is O=C(N[C@H]1CCS(=O)(=O)C1)[C@H]1CC(=O)N(c2ccc3c(c2)CCC3)C1. The van der Waals surface area contributed by atoms with Gasteiger partial charge in [-0.1, -0.05) is 6.07 Å². The number of rotatable bonds is 3. The van der Waals surface area contributed by atoms with Gasteiger partial charge in [0.05, 0.1) is 17.4 Å². The van der Waals surface area contributed by atoms with Crippen molar-refractivity contribution in [3.8, 4) is 0 Å². The number of hydrogen-bond acceptors (Lipinski definition) is 4. The number of fused-ring (bicyclic) bond motifs is 1. The van der Waals surface area contributed by atoms with Crippen molar-refractivity contribution in [1.82, 2.24) is 5.32 Å². The fourth-order valence-electron chi connectivity index (χ4n) is 4.09. The summed E-state index contributed by atoms with van der Waals surface area (Å²) in [7, 11) is -3.03. The van der Waals surface area contributed by atoms with E-state index >= 15 is 0 Å². The Kier molecular flexibility index (Phi) is 4.06. The van der Waals surface area contributed by atoms with E-state index in [0.29, 0.717) is 13.0 Å². The Labute approximate surface area is 147 Å². The maximum atomic E-state index is 12.4. The molecule has 0 unspecified atom stereocenters. The predicted molar refractivity (Wildman–Crippen MR) is 94.1 cm³/mol. The van der Waals surface area contributed by atoms with Crippen LogP contribution in [0, 0.1) is 5.92 Å². The van der Waals surface area contributed by atoms with Gasteiger partial charge in [0.2, 0.25) is 11.8 Å². The molecule has 1 aromatic rings. The van der Waals surface area contributed by atoms with E-state index in [2.05, 4.69) is 17.4 Å². The van der Waals surface area contributed by atoms with Gasteiger partial charge in [-0.05, 0) is 48.9 Å². The van der Waals surface area contributed by atoms with Gasteiger partial charge >= 0.3 is 0 Å². The molecule has 6 nitrogen and oxygen atoms in total. The number of aryl methyl sites for hydroxylation is 2. The minimum Gasteiger partial charge on any atom is -0.352 e. The first-order valence-electron chi connectivity index (χ1n) is 8.84. The first-order valence-corrected chi connectivity index (χ1v) is 10.7. The number of nitrogens with zero attached hydrogens (tertiary/aromatic N) is 1. The molecule has 0 bridgehead atoms. The third-order valence-electron chi connectivity index (χ3n) is 5.47. The van der Waals surface area contributed by atoms with Crippen molar-refractivity contribution >= 4 is 27.3 Å². The summed E-state index contributed by atoms with van der Waals surface area (Å²) in [5.41, 5.74) is 3.52. The zero-order chi connectivity index (χ0) is 17.6. The number of benzene rings is 1. The highest BCUT2D eigenvalue weighted by Crippen LogP contribution is 2.30. The molecule has 2 heterocycles. The monoisotopic (exact) mass is 362 g/mol. The molecule has 2 saturated heterocycles. The van der Waals surface area contributed by atoms with Crippen molar-refractivity contribution < 1.29 is 18.0 Å². The normalized spacial score (nSPS) is 27.5. The average Bonchev–Trinajstić information content (AvgIpc) is 3.25. The molecule has 134 valence electrons. The molecule has 1 N–H and O–H groups in total. The summed E-state index contributed by atoms with van der Waals surface area (Å²) in [6, 6.07) is 5.80. The van der Waals surface area contributed by atoms with E-state index in [4.69, 9.17) is 0 Å². The largest absolute Gasteiger partial charge is 0.352 e. The number of hydrogen-bond donors (Lipinski definition) is 1. The van der Waals surface area contributed by atoms with Gasteiger partial charge in [0.25, 0.3) is 0 Å². The molecule has 25 heavy (non-hydrogen) atoms. The zero-order valence-corrected chi connectivity index (χ0v) is 14.8. The lowest BCUT2D eigenvalue weighted by atomic mass is 10.1. The molecule has 4 rings (SSSR count). The number of amides is 2. The summed E-state index contributed by atoms with van der Waals surface area (Å²) < 4.78 is 23.0. The first kappa shape index (κ1) is 16.6. The fourth-order valence-corrected chi connectivity index (χ4v) is 5.76. The molecule has 2 atom stereocenters. The standard InChI is InChI=1S/C18H22N2O4S/c21-17-9-14(18(22)19-15-6-7-25(23,24)11-15)10-20(17)16-5-4-12-2-1-3-13(12)8-16/h4-5,8,14-15H,1-3,6-7,9-11H2,(H,19,22)/t14-,15-/m0/s1. The minimum absolute atomic E-state index is 0.00788. The molecule has 1 aromatic carbocycles. The number of carbonyl (C=O) groups excluding carboxylic acids is 2. The van der Waals surface area contributed by atoms with Crippen LogP contribution in [0.15, 0.2) is 18.2 Å². The number of nitrogens with one attached hydrogen (secondary N) is 1. The Hall–Kier alpha value is -1.89. The Morgan fingerprint density at radius 3 is 2.76 bits per heavy atom. The zero-order valence-electron chi connectivity index (χ0n) is 14.0. The van der Waals surface area contributed by atoms with Crippen LogP contribution in [0.2, 0.25) is 0 Å². The number of carbonyl (C=O) groups is 2. The molecule has 0 aromatic heterocycles. The Morgan fingerprint density at radius 1 is 1.20 bits per heavy atom. The maximum Gasteiger partial charge on any atom is 0.227 e. The van der Waals surface area contributed by atoms with Gasteiger partial charge in [-0.3, -0.25) is 9.59 Å². The Balaban J connectivity index is 1.42. The van der Waals surface area contributed by atoms with Crippen LogP contribution < -0.4 is 10.2 Å². The van der Waals surface area contributed by atoms with Crippen LogP contribution >= 0.6 is 0 Å². The molecule has 2 fully saturated rings. The van der Waals surface area contributed by atoms with Crippen LogP contribution in [-0.2, 0) is 32.3 Å². The van der Waals surface area contributed by atoms with E-state index in [-0.39, 0.29) is 35.8 Å². The van der Waals surface area contributed by atoms with Crippen molar-refractivity contribution in [2.24, 2.45) is 5.92 Å². The summed E-state index contributed by atoms with van der Waals surface area (Å²) in [5.74, 6) is -0.531. The van der Waals surface area contributed by atoms with Crippen LogP contribution in [0.25, 0.3) is 0 Å². The molecule has 3 aliphatic rings. The lowest BCUT2D eigenvalue weighted by Gasteiger charge is -2.18. The molecule has 1 aliphatic carbocycles. The smallest absolute Gasteiger partial charge is 0.227 e. The van der Waals surface area contributed by atoms with Gasteiger partial charge in [0.15, 0.2) is 9.84 Å². The van der Waals surface area contributed by atoms with Crippen LogP contribution in [0.1, 0.15) is 30.4 Å². The molecular weight excluding hydrogens is 340 g/mol. The second-order valence-corrected chi connectivity index (χ2v) is 9.55. The van der Waals surface area contributed by atoms with Crippen molar-refractivity contribution in [2.45, 2.75) is 38.1 Å². The topological polar surface area (TPSA) is 83.5 Å². The maximum absolute atomic E-state index is 12.4. The third-order valence-corrected chi connectivity index (χ3v) is 7.24. The van der Waals surface area contributed by atoms with Gasteiger partial charge in [-0.2, -0.15) is 0 Å². The predicted octanol–water partition coefficient (Wildman–Crippen LogP) is 0.831. The average molecular weight is 362 g/mol. The quantitative estimate of drug-likeness (QED) is 0.863. The molecule has 0 spiro atoms. The molecule has 2 amide bonds. The summed E-state index contributed by atoms with van der Waals surface area (Å²) in [4.78, 5) is 26.5. The minimum atomic E-state index is -3.03. The van der Waals surface area contributed by atoms with Crippen molar-refractivity contribution in [3.63, 3.8) is 0 Å². The Morgan fingerprint density at radius 2 is 2.00 bits per heavy atom. The lowest BCUT2D eigenvalue weighted by molar-refractivity contribution is -0.126. The summed E-state index contributed by atoms with van der Waals surface area (Å²) in [6.07, 6.45) is 3.94. The van der Waals surface area contributed by atoms with Crippen LogP contribution in [0.3, 0.4) is 0 Å². The second kappa shape index (κ2) is 6.12. The fraction of sp³-hybridized carbons (Fsp3) is 0.556. The molecular formula is C18H22N2O4S. The van der Waals surface area contributed by atoms with E-state index in [1.807, 2.05) is 6.07 Å². The third kappa shape index (κ3) is 3.29. The summed E-state index contributed by atoms with van der Waals surface area (Å²) >= 11 is 0. The van der Waals surface area contributed by atoms with E-state index in [1.54, 1.807) is 4.90 Å². The molecule has 0 saturated carbocycles. The lowest BCUT2D eigenvalue weighted by Crippen LogP contribution is -2.40. The van der Waals surface area contributed by atoms with Gasteiger partial charge in [0, 0.05) is 24.7 Å². The van der Waals surface area contributed by atoms with Crippen LogP contribution in [0.5, 0.6) is 0 Å². The number of sulfone groups is 1. The highest BCUT2D eigenvalue weighted by atomic mass is 32.2.